The highest BCUT2D eigenvalue weighted by Gasteiger charge is 2.27. The minimum absolute atomic E-state index is 0.110. The molecule has 1 aliphatic heterocycles. The fraction of sp³-hybridized carbons (Fsp3) is 0.333. The number of aliphatic hydroxyl groups excluding tert-OH is 1. The van der Waals surface area contributed by atoms with E-state index in [1.807, 2.05) is 36.0 Å². The zero-order chi connectivity index (χ0) is 22.9. The fourth-order valence-corrected chi connectivity index (χ4v) is 5.48. The highest BCUT2D eigenvalue weighted by molar-refractivity contribution is 7.99. The van der Waals surface area contributed by atoms with Gasteiger partial charge in [-0.2, -0.15) is 0 Å². The molecule has 1 aromatic heterocycles. The number of fused-ring (bicyclic) bond motifs is 3. The summed E-state index contributed by atoms with van der Waals surface area (Å²) < 4.78 is 6.94. The van der Waals surface area contributed by atoms with Crippen molar-refractivity contribution in [2.45, 2.75) is 49.0 Å². The molecule has 2 heterocycles. The first-order valence-electron chi connectivity index (χ1n) is 11.4. The Morgan fingerprint density at radius 2 is 1.88 bits per heavy atom. The number of hydrogen-bond donors (Lipinski definition) is 1. The van der Waals surface area contributed by atoms with Crippen molar-refractivity contribution in [2.24, 2.45) is 0 Å². The predicted molar refractivity (Wildman–Crippen MR) is 134 cm³/mol. The smallest absolute Gasteiger partial charge is 0.261 e. The summed E-state index contributed by atoms with van der Waals surface area (Å²) in [4.78, 5) is 19.5. The van der Waals surface area contributed by atoms with Gasteiger partial charge in [-0.1, -0.05) is 50.2 Å². The number of aromatic nitrogens is 2. The van der Waals surface area contributed by atoms with E-state index in [-0.39, 0.29) is 18.2 Å². The van der Waals surface area contributed by atoms with Gasteiger partial charge in [-0.3, -0.25) is 9.36 Å². The van der Waals surface area contributed by atoms with Crippen molar-refractivity contribution in [3.8, 4) is 0 Å². The summed E-state index contributed by atoms with van der Waals surface area (Å²) in [5.74, 6) is 0. The van der Waals surface area contributed by atoms with Gasteiger partial charge in [0.05, 0.1) is 36.0 Å². The van der Waals surface area contributed by atoms with Gasteiger partial charge in [0.1, 0.15) is 0 Å². The maximum absolute atomic E-state index is 13.5. The quantitative estimate of drug-likeness (QED) is 0.337. The second-order valence-electron chi connectivity index (χ2n) is 8.92. The minimum atomic E-state index is -0.710. The summed E-state index contributed by atoms with van der Waals surface area (Å²) in [6.45, 7) is 5.16. The van der Waals surface area contributed by atoms with Gasteiger partial charge < -0.3 is 9.84 Å². The molecule has 170 valence electrons. The molecule has 0 radical (unpaired) electrons. The van der Waals surface area contributed by atoms with Gasteiger partial charge in [0, 0.05) is 22.1 Å². The van der Waals surface area contributed by atoms with Crippen LogP contribution in [0.3, 0.4) is 0 Å². The standard InChI is InChI=1S/C27H28N2O3S/c1-17(2)33-20-9-7-18(8-10-20)13-19-14-23-26(22-6-4-3-5-21(19)22)28-16-29(27(23)31)24-11-12-32-15-25(24)30/h3-10,14,16-17,24-25,30H,11-13,15H2,1-2H3/t24-,25-/m0/s1. The second-order valence-corrected chi connectivity index (χ2v) is 10.6. The van der Waals surface area contributed by atoms with Crippen molar-refractivity contribution in [3.05, 3.63) is 82.4 Å². The van der Waals surface area contributed by atoms with Crippen LogP contribution in [0.25, 0.3) is 21.7 Å². The molecule has 5 nitrogen and oxygen atoms in total. The molecular formula is C27H28N2O3S. The van der Waals surface area contributed by atoms with E-state index in [4.69, 9.17) is 4.74 Å². The second kappa shape index (κ2) is 9.29. The molecule has 1 N–H and O–H groups in total. The molecule has 1 aliphatic rings. The summed E-state index contributed by atoms with van der Waals surface area (Å²) in [5.41, 5.74) is 2.91. The summed E-state index contributed by atoms with van der Waals surface area (Å²) in [6, 6.07) is 18.5. The Balaban J connectivity index is 1.60. The lowest BCUT2D eigenvalue weighted by Crippen LogP contribution is -2.39. The molecule has 4 aromatic rings. The largest absolute Gasteiger partial charge is 0.389 e. The first kappa shape index (κ1) is 22.1. The highest BCUT2D eigenvalue weighted by Crippen LogP contribution is 2.29. The van der Waals surface area contributed by atoms with E-state index in [2.05, 4.69) is 49.2 Å². The molecular weight excluding hydrogens is 432 g/mol. The van der Waals surface area contributed by atoms with Crippen LogP contribution in [0.2, 0.25) is 0 Å². The zero-order valence-electron chi connectivity index (χ0n) is 18.9. The number of nitrogens with zero attached hydrogens (tertiary/aromatic N) is 2. The maximum Gasteiger partial charge on any atom is 0.261 e. The number of benzene rings is 3. The number of thioether (sulfide) groups is 1. The van der Waals surface area contributed by atoms with Crippen LogP contribution in [0.5, 0.6) is 0 Å². The van der Waals surface area contributed by atoms with Crippen LogP contribution in [0.1, 0.15) is 37.4 Å². The molecule has 6 heteroatoms. The molecule has 3 aromatic carbocycles. The van der Waals surface area contributed by atoms with Crippen LogP contribution >= 0.6 is 11.8 Å². The van der Waals surface area contributed by atoms with E-state index in [0.717, 1.165) is 22.8 Å². The molecule has 0 aliphatic carbocycles. The third kappa shape index (κ3) is 4.43. The van der Waals surface area contributed by atoms with Crippen molar-refractivity contribution in [3.63, 3.8) is 0 Å². The Hall–Kier alpha value is -2.67. The molecule has 1 saturated heterocycles. The number of hydrogen-bond acceptors (Lipinski definition) is 5. The number of ether oxygens (including phenoxy) is 1. The van der Waals surface area contributed by atoms with Gasteiger partial charge >= 0.3 is 0 Å². The molecule has 1 fully saturated rings. The summed E-state index contributed by atoms with van der Waals surface area (Å²) in [6.07, 6.45) is 2.20. The molecule has 5 rings (SSSR count). The SMILES string of the molecule is CC(C)Sc1ccc(Cc2cc3c(=O)n([C@H]4CCOC[C@@H]4O)cnc3c3ccccc23)cc1. The molecule has 0 spiro atoms. The van der Waals surface area contributed by atoms with E-state index in [0.29, 0.717) is 29.2 Å². The van der Waals surface area contributed by atoms with Gasteiger partial charge in [-0.15, -0.1) is 11.8 Å². The van der Waals surface area contributed by atoms with E-state index in [1.54, 1.807) is 10.9 Å². The Labute approximate surface area is 197 Å². The highest BCUT2D eigenvalue weighted by atomic mass is 32.2. The number of aliphatic hydroxyl groups is 1. The third-order valence-electron chi connectivity index (χ3n) is 6.22. The Bertz CT molecular complexity index is 1350. The van der Waals surface area contributed by atoms with E-state index in [9.17, 15) is 9.90 Å². The molecule has 0 saturated carbocycles. The van der Waals surface area contributed by atoms with Gasteiger partial charge in [0.2, 0.25) is 0 Å². The van der Waals surface area contributed by atoms with Crippen LogP contribution in [-0.4, -0.2) is 39.2 Å². The third-order valence-corrected chi connectivity index (χ3v) is 7.23. The van der Waals surface area contributed by atoms with Crippen LogP contribution in [0, 0.1) is 0 Å². The molecule has 33 heavy (non-hydrogen) atoms. The molecule has 0 unspecified atom stereocenters. The Kier molecular flexibility index (Phi) is 6.23. The maximum atomic E-state index is 13.5. The predicted octanol–water partition coefficient (Wildman–Crippen LogP) is 4.96. The van der Waals surface area contributed by atoms with Crippen molar-refractivity contribution >= 4 is 33.4 Å². The lowest BCUT2D eigenvalue weighted by molar-refractivity contribution is -0.0395. The summed E-state index contributed by atoms with van der Waals surface area (Å²) in [7, 11) is 0. The average molecular weight is 461 g/mol. The molecule has 2 atom stereocenters. The van der Waals surface area contributed by atoms with Gasteiger partial charge in [-0.25, -0.2) is 4.98 Å². The van der Waals surface area contributed by atoms with Crippen molar-refractivity contribution in [2.75, 3.05) is 13.2 Å². The first-order valence-corrected chi connectivity index (χ1v) is 12.3. The molecule has 0 bridgehead atoms. The van der Waals surface area contributed by atoms with E-state index >= 15 is 0 Å². The Morgan fingerprint density at radius 1 is 1.12 bits per heavy atom. The van der Waals surface area contributed by atoms with E-state index in [1.165, 1.54) is 10.5 Å². The zero-order valence-corrected chi connectivity index (χ0v) is 19.7. The average Bonchev–Trinajstić information content (AvgIpc) is 2.81. The first-order chi connectivity index (χ1) is 16.0. The lowest BCUT2D eigenvalue weighted by Gasteiger charge is -2.29. The van der Waals surface area contributed by atoms with Crippen molar-refractivity contribution < 1.29 is 9.84 Å². The lowest BCUT2D eigenvalue weighted by atomic mass is 9.96. The van der Waals surface area contributed by atoms with E-state index < -0.39 is 6.10 Å². The Morgan fingerprint density at radius 3 is 2.61 bits per heavy atom. The molecule has 0 amide bonds. The van der Waals surface area contributed by atoms with Crippen LogP contribution < -0.4 is 5.56 Å². The van der Waals surface area contributed by atoms with Gasteiger partial charge in [-0.05, 0) is 47.6 Å². The van der Waals surface area contributed by atoms with Gasteiger partial charge in [0.25, 0.3) is 5.56 Å². The monoisotopic (exact) mass is 460 g/mol. The van der Waals surface area contributed by atoms with Crippen molar-refractivity contribution in [1.29, 1.82) is 0 Å². The van der Waals surface area contributed by atoms with Crippen LogP contribution in [0.15, 0.2) is 70.6 Å². The minimum Gasteiger partial charge on any atom is -0.389 e. The van der Waals surface area contributed by atoms with Crippen LogP contribution in [-0.2, 0) is 11.2 Å². The van der Waals surface area contributed by atoms with Crippen molar-refractivity contribution in [1.82, 2.24) is 9.55 Å². The van der Waals surface area contributed by atoms with Gasteiger partial charge in [0.15, 0.2) is 0 Å². The normalized spacial score (nSPS) is 18.9. The topological polar surface area (TPSA) is 64.3 Å². The number of rotatable bonds is 5. The fourth-order valence-electron chi connectivity index (χ4n) is 4.65. The summed E-state index contributed by atoms with van der Waals surface area (Å²) >= 11 is 1.85. The summed E-state index contributed by atoms with van der Waals surface area (Å²) in [5, 5.41) is 13.6. The van der Waals surface area contributed by atoms with Crippen LogP contribution in [0.4, 0.5) is 0 Å².